The molecule has 1 atom stereocenters. The topological polar surface area (TPSA) is 17.8 Å². The summed E-state index contributed by atoms with van der Waals surface area (Å²) in [5.41, 5.74) is 2.31. The Bertz CT molecular complexity index is 600. The molecule has 4 heteroatoms. The van der Waals surface area contributed by atoms with Crippen LogP contribution >= 0.6 is 34.2 Å². The summed E-state index contributed by atoms with van der Waals surface area (Å²) in [7, 11) is 0. The summed E-state index contributed by atoms with van der Waals surface area (Å²) in [6, 6.07) is 6.50. The maximum Gasteiger partial charge on any atom is 0.127 e. The first-order chi connectivity index (χ1) is 9.65. The standard InChI is InChI=1S/C16H20ClIN2/c1-11(17)16-19-14-9-13(18)7-8-15(14)20(16)10-12-5-3-2-4-6-12/h7-9,11-12H,2-6,10H2,1H3. The molecule has 20 heavy (non-hydrogen) atoms. The molecule has 0 aliphatic heterocycles. The minimum Gasteiger partial charge on any atom is -0.326 e. The average molecular weight is 403 g/mol. The van der Waals surface area contributed by atoms with Crippen molar-refractivity contribution < 1.29 is 0 Å². The van der Waals surface area contributed by atoms with Crippen LogP contribution in [0.5, 0.6) is 0 Å². The Hall–Kier alpha value is -0.290. The summed E-state index contributed by atoms with van der Waals surface area (Å²) < 4.78 is 3.59. The van der Waals surface area contributed by atoms with Gasteiger partial charge in [-0.3, -0.25) is 0 Å². The monoisotopic (exact) mass is 402 g/mol. The number of benzene rings is 1. The Labute approximate surface area is 139 Å². The molecule has 0 radical (unpaired) electrons. The van der Waals surface area contributed by atoms with E-state index in [1.54, 1.807) is 0 Å². The summed E-state index contributed by atoms with van der Waals surface area (Å²) in [6.07, 6.45) is 6.85. The number of fused-ring (bicyclic) bond motifs is 1. The second kappa shape index (κ2) is 6.22. The molecule has 2 nitrogen and oxygen atoms in total. The lowest BCUT2D eigenvalue weighted by Gasteiger charge is -2.23. The van der Waals surface area contributed by atoms with Gasteiger partial charge in [0.1, 0.15) is 5.82 Å². The summed E-state index contributed by atoms with van der Waals surface area (Å²) in [6.45, 7) is 3.09. The molecule has 0 bridgehead atoms. The van der Waals surface area contributed by atoms with Gasteiger partial charge in [-0.1, -0.05) is 19.3 Å². The van der Waals surface area contributed by atoms with E-state index in [0.29, 0.717) is 0 Å². The molecule has 1 aromatic heterocycles. The van der Waals surface area contributed by atoms with Crippen LogP contribution in [-0.4, -0.2) is 9.55 Å². The van der Waals surface area contributed by atoms with E-state index >= 15 is 0 Å². The van der Waals surface area contributed by atoms with Gasteiger partial charge < -0.3 is 4.57 Å². The molecular weight excluding hydrogens is 383 g/mol. The third kappa shape index (κ3) is 2.98. The van der Waals surface area contributed by atoms with E-state index in [1.807, 2.05) is 6.92 Å². The number of halogens is 2. The molecule has 1 unspecified atom stereocenters. The molecule has 0 saturated heterocycles. The Morgan fingerprint density at radius 2 is 2.10 bits per heavy atom. The lowest BCUT2D eigenvalue weighted by atomic mass is 9.89. The van der Waals surface area contributed by atoms with E-state index < -0.39 is 0 Å². The summed E-state index contributed by atoms with van der Waals surface area (Å²) in [4.78, 5) is 4.76. The normalized spacial score (nSPS) is 18.6. The second-order valence-corrected chi connectivity index (χ2v) is 7.73. The summed E-state index contributed by atoms with van der Waals surface area (Å²) in [5, 5.41) is -0.0383. The van der Waals surface area contributed by atoms with Crippen LogP contribution in [-0.2, 0) is 6.54 Å². The Balaban J connectivity index is 1.99. The zero-order chi connectivity index (χ0) is 14.1. The van der Waals surface area contributed by atoms with Crippen LogP contribution in [0.15, 0.2) is 18.2 Å². The molecule has 0 spiro atoms. The zero-order valence-corrected chi connectivity index (χ0v) is 14.7. The molecule has 0 N–H and O–H groups in total. The second-order valence-electron chi connectivity index (χ2n) is 5.83. The van der Waals surface area contributed by atoms with E-state index in [4.69, 9.17) is 16.6 Å². The van der Waals surface area contributed by atoms with Gasteiger partial charge in [0.2, 0.25) is 0 Å². The van der Waals surface area contributed by atoms with Gasteiger partial charge in [-0.15, -0.1) is 11.6 Å². The van der Waals surface area contributed by atoms with Crippen molar-refractivity contribution in [2.45, 2.75) is 50.9 Å². The first-order valence-electron chi connectivity index (χ1n) is 7.45. The number of imidazole rings is 1. The number of nitrogens with zero attached hydrogens (tertiary/aromatic N) is 2. The van der Waals surface area contributed by atoms with Crippen LogP contribution in [0.3, 0.4) is 0 Å². The molecule has 0 amide bonds. The molecule has 1 heterocycles. The quantitative estimate of drug-likeness (QED) is 0.488. The predicted octanol–water partition coefficient (Wildman–Crippen LogP) is 5.52. The van der Waals surface area contributed by atoms with Crippen molar-refractivity contribution in [1.82, 2.24) is 9.55 Å². The first kappa shape index (κ1) is 14.6. The number of hydrogen-bond acceptors (Lipinski definition) is 1. The van der Waals surface area contributed by atoms with Gasteiger partial charge in [-0.25, -0.2) is 4.98 Å². The molecular formula is C16H20ClIN2. The third-order valence-corrected chi connectivity index (χ3v) is 5.13. The van der Waals surface area contributed by atoms with Crippen LogP contribution in [0.2, 0.25) is 0 Å². The lowest BCUT2D eigenvalue weighted by molar-refractivity contribution is 0.319. The minimum absolute atomic E-state index is 0.0383. The van der Waals surface area contributed by atoms with E-state index in [0.717, 1.165) is 23.8 Å². The zero-order valence-electron chi connectivity index (χ0n) is 11.8. The number of alkyl halides is 1. The van der Waals surface area contributed by atoms with Gasteiger partial charge in [0.05, 0.1) is 16.4 Å². The van der Waals surface area contributed by atoms with Crippen molar-refractivity contribution >= 4 is 45.2 Å². The maximum atomic E-state index is 6.35. The number of hydrogen-bond donors (Lipinski definition) is 0. The first-order valence-corrected chi connectivity index (χ1v) is 8.96. The lowest BCUT2D eigenvalue weighted by Crippen LogP contribution is -2.16. The van der Waals surface area contributed by atoms with E-state index in [2.05, 4.69) is 45.4 Å². The molecule has 1 aliphatic rings. The van der Waals surface area contributed by atoms with Gasteiger partial charge in [0, 0.05) is 10.1 Å². The van der Waals surface area contributed by atoms with Gasteiger partial charge >= 0.3 is 0 Å². The van der Waals surface area contributed by atoms with Gasteiger partial charge in [-0.2, -0.15) is 0 Å². The highest BCUT2D eigenvalue weighted by atomic mass is 127. The Kier molecular flexibility index (Phi) is 4.55. The average Bonchev–Trinajstić information content (AvgIpc) is 2.78. The minimum atomic E-state index is -0.0383. The third-order valence-electron chi connectivity index (χ3n) is 4.26. The molecule has 2 aromatic rings. The highest BCUT2D eigenvalue weighted by molar-refractivity contribution is 14.1. The maximum absolute atomic E-state index is 6.35. The summed E-state index contributed by atoms with van der Waals surface area (Å²) >= 11 is 8.69. The summed E-state index contributed by atoms with van der Waals surface area (Å²) in [5.74, 6) is 1.81. The Morgan fingerprint density at radius 3 is 2.80 bits per heavy atom. The van der Waals surface area contributed by atoms with Crippen molar-refractivity contribution in [2.75, 3.05) is 0 Å². The largest absolute Gasteiger partial charge is 0.326 e. The number of rotatable bonds is 3. The SMILES string of the molecule is CC(Cl)c1nc2cc(I)ccc2n1CC1CCCCC1. The molecule has 1 saturated carbocycles. The van der Waals surface area contributed by atoms with E-state index in [1.165, 1.54) is 41.2 Å². The fraction of sp³-hybridized carbons (Fsp3) is 0.562. The highest BCUT2D eigenvalue weighted by Crippen LogP contribution is 2.30. The van der Waals surface area contributed by atoms with Crippen molar-refractivity contribution in [1.29, 1.82) is 0 Å². The molecule has 1 aromatic carbocycles. The van der Waals surface area contributed by atoms with Crippen molar-refractivity contribution in [3.63, 3.8) is 0 Å². The van der Waals surface area contributed by atoms with Crippen LogP contribution in [0, 0.1) is 9.49 Å². The fourth-order valence-electron chi connectivity index (χ4n) is 3.25. The molecule has 108 valence electrons. The fourth-order valence-corrected chi connectivity index (χ4v) is 3.89. The predicted molar refractivity (Wildman–Crippen MR) is 93.3 cm³/mol. The van der Waals surface area contributed by atoms with Crippen LogP contribution in [0.1, 0.15) is 50.2 Å². The van der Waals surface area contributed by atoms with Crippen LogP contribution < -0.4 is 0 Å². The molecule has 3 rings (SSSR count). The Morgan fingerprint density at radius 1 is 1.35 bits per heavy atom. The van der Waals surface area contributed by atoms with Crippen molar-refractivity contribution in [3.8, 4) is 0 Å². The van der Waals surface area contributed by atoms with Crippen molar-refractivity contribution in [2.24, 2.45) is 5.92 Å². The van der Waals surface area contributed by atoms with Gasteiger partial charge in [0.15, 0.2) is 0 Å². The molecule has 1 aliphatic carbocycles. The molecule has 1 fully saturated rings. The van der Waals surface area contributed by atoms with E-state index in [9.17, 15) is 0 Å². The van der Waals surface area contributed by atoms with Crippen LogP contribution in [0.4, 0.5) is 0 Å². The van der Waals surface area contributed by atoms with Crippen LogP contribution in [0.25, 0.3) is 11.0 Å². The van der Waals surface area contributed by atoms with Gasteiger partial charge in [0.25, 0.3) is 0 Å². The smallest absolute Gasteiger partial charge is 0.127 e. The van der Waals surface area contributed by atoms with Crippen molar-refractivity contribution in [3.05, 3.63) is 27.6 Å². The van der Waals surface area contributed by atoms with E-state index in [-0.39, 0.29) is 5.38 Å². The highest BCUT2D eigenvalue weighted by Gasteiger charge is 2.20. The van der Waals surface area contributed by atoms with Gasteiger partial charge in [-0.05, 0) is 66.5 Å². The number of aromatic nitrogens is 2.